The highest BCUT2D eigenvalue weighted by atomic mass is 127. The zero-order valence-electron chi connectivity index (χ0n) is 13.2. The van der Waals surface area contributed by atoms with Gasteiger partial charge in [-0.15, -0.1) is 6.58 Å². The maximum absolute atomic E-state index is 12.5. The molecule has 1 rings (SSSR count). The Morgan fingerprint density at radius 1 is 1.12 bits per heavy atom. The van der Waals surface area contributed by atoms with Crippen LogP contribution in [0.4, 0.5) is 5.69 Å². The summed E-state index contributed by atoms with van der Waals surface area (Å²) >= 11 is 6.08. The number of rotatable bonds is 9. The lowest BCUT2D eigenvalue weighted by Crippen LogP contribution is -2.27. The third-order valence-electron chi connectivity index (χ3n) is 3.25. The smallest absolute Gasteiger partial charge is 0.337 e. The second-order valence-corrected chi connectivity index (χ2v) is 8.24. The van der Waals surface area contributed by atoms with Gasteiger partial charge >= 0.3 is 5.97 Å². The fourth-order valence-electron chi connectivity index (χ4n) is 2.05. The molecule has 8 heteroatoms. The first-order valence-corrected chi connectivity index (χ1v) is 10.7. The summed E-state index contributed by atoms with van der Waals surface area (Å²) in [6, 6.07) is 0. The van der Waals surface area contributed by atoms with Gasteiger partial charge in [-0.25, -0.2) is 4.79 Å². The molecule has 0 spiro atoms. The van der Waals surface area contributed by atoms with E-state index in [2.05, 4.69) is 46.7 Å². The van der Waals surface area contributed by atoms with E-state index in [0.717, 1.165) is 29.4 Å². The van der Waals surface area contributed by atoms with Gasteiger partial charge in [0.25, 0.3) is 5.91 Å². The molecule has 0 fully saturated rings. The van der Waals surface area contributed by atoms with Gasteiger partial charge in [-0.2, -0.15) is 0 Å². The van der Waals surface area contributed by atoms with E-state index in [1.54, 1.807) is 6.08 Å². The summed E-state index contributed by atoms with van der Waals surface area (Å²) < 4.78 is 1.82. The summed E-state index contributed by atoms with van der Waals surface area (Å²) in [5.74, 6) is -1.33. The Bertz CT molecular complexity index is 648. The highest BCUT2D eigenvalue weighted by molar-refractivity contribution is 14.1. The number of unbranched alkanes of at least 4 members (excludes halogenated alkanes) is 2. The van der Waals surface area contributed by atoms with Gasteiger partial charge in [0.2, 0.25) is 0 Å². The number of carbonyl (C=O) groups excluding carboxylic acids is 1. The molecule has 132 valence electrons. The van der Waals surface area contributed by atoms with Crippen LogP contribution in [0.2, 0.25) is 0 Å². The van der Waals surface area contributed by atoms with Gasteiger partial charge in [-0.05, 0) is 74.2 Å². The van der Waals surface area contributed by atoms with Crippen LogP contribution in [0.15, 0.2) is 12.7 Å². The monoisotopic (exact) mass is 668 g/mol. The van der Waals surface area contributed by atoms with Gasteiger partial charge in [-0.1, -0.05) is 25.8 Å². The quantitative estimate of drug-likeness (QED) is 0.203. The van der Waals surface area contributed by atoms with Crippen molar-refractivity contribution in [2.24, 2.45) is 0 Å². The molecule has 0 unspecified atom stereocenters. The Morgan fingerprint density at radius 3 is 2.29 bits per heavy atom. The zero-order valence-corrected chi connectivity index (χ0v) is 19.7. The van der Waals surface area contributed by atoms with Crippen molar-refractivity contribution in [2.75, 3.05) is 18.4 Å². The molecule has 24 heavy (non-hydrogen) atoms. The van der Waals surface area contributed by atoms with Crippen molar-refractivity contribution in [3.63, 3.8) is 0 Å². The number of aromatic carboxylic acids is 1. The number of amides is 1. The molecule has 1 aromatic carbocycles. The average molecular weight is 668 g/mol. The second-order valence-electron chi connectivity index (χ2n) is 5.00. The molecule has 0 radical (unpaired) electrons. The number of hydrogen-bond donors (Lipinski definition) is 3. The first kappa shape index (κ1) is 21.9. The van der Waals surface area contributed by atoms with Crippen LogP contribution in [-0.4, -0.2) is 30.1 Å². The number of carbonyl (C=O) groups is 2. The molecule has 0 saturated heterocycles. The van der Waals surface area contributed by atoms with E-state index in [0.29, 0.717) is 24.9 Å². The van der Waals surface area contributed by atoms with Crippen LogP contribution in [-0.2, 0) is 0 Å². The average Bonchev–Trinajstić information content (AvgIpc) is 2.51. The van der Waals surface area contributed by atoms with Gasteiger partial charge < -0.3 is 15.7 Å². The van der Waals surface area contributed by atoms with E-state index in [-0.39, 0.29) is 11.5 Å². The van der Waals surface area contributed by atoms with Gasteiger partial charge in [-0.3, -0.25) is 4.79 Å². The van der Waals surface area contributed by atoms with E-state index in [9.17, 15) is 14.7 Å². The summed E-state index contributed by atoms with van der Waals surface area (Å²) in [6.45, 7) is 6.78. The molecule has 1 aromatic rings. The number of benzene rings is 1. The lowest BCUT2D eigenvalue weighted by molar-refractivity contribution is 0.0694. The summed E-state index contributed by atoms with van der Waals surface area (Å²) in [4.78, 5) is 24.2. The minimum atomic E-state index is -1.03. The first-order valence-electron chi connectivity index (χ1n) is 7.43. The largest absolute Gasteiger partial charge is 0.478 e. The van der Waals surface area contributed by atoms with Crippen LogP contribution in [0, 0.1) is 10.7 Å². The Labute approximate surface area is 182 Å². The number of anilines is 1. The van der Waals surface area contributed by atoms with Crippen molar-refractivity contribution in [1.29, 1.82) is 0 Å². The van der Waals surface area contributed by atoms with Crippen molar-refractivity contribution in [3.05, 3.63) is 34.5 Å². The van der Waals surface area contributed by atoms with Crippen LogP contribution >= 0.6 is 67.8 Å². The fourth-order valence-corrected chi connectivity index (χ4v) is 6.55. The van der Waals surface area contributed by atoms with Gasteiger partial charge in [0.1, 0.15) is 0 Å². The molecule has 0 atom stereocenters. The van der Waals surface area contributed by atoms with Crippen molar-refractivity contribution >= 4 is 85.3 Å². The number of halogens is 3. The molecule has 0 aromatic heterocycles. The minimum absolute atomic E-state index is 0.165. The molecule has 0 saturated carbocycles. The maximum atomic E-state index is 12.5. The summed E-state index contributed by atoms with van der Waals surface area (Å²) in [6.07, 6.45) is 4.79. The molecule has 0 aliphatic carbocycles. The van der Waals surface area contributed by atoms with Gasteiger partial charge in [0, 0.05) is 16.7 Å². The molecule has 3 N–H and O–H groups in total. The lowest BCUT2D eigenvalue weighted by Gasteiger charge is -2.18. The summed E-state index contributed by atoms with van der Waals surface area (Å²) in [7, 11) is 0. The predicted octanol–water partition coefficient (Wildman–Crippen LogP) is 4.72. The topological polar surface area (TPSA) is 78.4 Å². The maximum Gasteiger partial charge on any atom is 0.337 e. The van der Waals surface area contributed by atoms with Crippen LogP contribution in [0.1, 0.15) is 46.9 Å². The predicted molar refractivity (Wildman–Crippen MR) is 122 cm³/mol. The Morgan fingerprint density at radius 2 is 1.75 bits per heavy atom. The van der Waals surface area contributed by atoms with Crippen molar-refractivity contribution < 1.29 is 14.7 Å². The van der Waals surface area contributed by atoms with Gasteiger partial charge in [0.05, 0.1) is 24.0 Å². The second kappa shape index (κ2) is 10.8. The molecular formula is C16H19I3N2O3. The molecule has 5 nitrogen and oxygen atoms in total. The van der Waals surface area contributed by atoms with Crippen LogP contribution in [0.3, 0.4) is 0 Å². The van der Waals surface area contributed by atoms with E-state index < -0.39 is 5.97 Å². The molecule has 0 aliphatic heterocycles. The third kappa shape index (κ3) is 5.44. The third-order valence-corrected chi connectivity index (χ3v) is 6.48. The van der Waals surface area contributed by atoms with Crippen LogP contribution < -0.4 is 10.6 Å². The summed E-state index contributed by atoms with van der Waals surface area (Å²) in [5.41, 5.74) is 1.28. The number of hydrogen-bond acceptors (Lipinski definition) is 3. The fraction of sp³-hybridized carbons (Fsp3) is 0.375. The minimum Gasteiger partial charge on any atom is -0.478 e. The molecule has 0 heterocycles. The van der Waals surface area contributed by atoms with Crippen molar-refractivity contribution in [1.82, 2.24) is 5.32 Å². The standard InChI is InChI=1S/C16H19I3N2O3/c1-3-5-6-8-20-14-12(18)9(15(22)21-7-4-2)11(17)10(13(14)19)16(23)24/h4,20H,2-3,5-8H2,1H3,(H,21,22)(H,23,24). The number of nitrogens with one attached hydrogen (secondary N) is 2. The van der Waals surface area contributed by atoms with E-state index in [4.69, 9.17) is 0 Å². The molecular weight excluding hydrogens is 649 g/mol. The highest BCUT2D eigenvalue weighted by Gasteiger charge is 2.27. The van der Waals surface area contributed by atoms with E-state index >= 15 is 0 Å². The Hall–Kier alpha value is -0.110. The Balaban J connectivity index is 3.36. The van der Waals surface area contributed by atoms with E-state index in [1.165, 1.54) is 0 Å². The van der Waals surface area contributed by atoms with Crippen molar-refractivity contribution in [2.45, 2.75) is 26.2 Å². The Kier molecular flexibility index (Phi) is 9.86. The first-order chi connectivity index (χ1) is 11.4. The van der Waals surface area contributed by atoms with Crippen LogP contribution in [0.5, 0.6) is 0 Å². The molecule has 1 amide bonds. The number of carboxylic acids is 1. The number of carboxylic acid groups (broad SMARTS) is 1. The summed E-state index contributed by atoms with van der Waals surface area (Å²) in [5, 5.41) is 15.6. The van der Waals surface area contributed by atoms with Crippen molar-refractivity contribution in [3.8, 4) is 0 Å². The SMILES string of the molecule is C=CCNC(=O)c1c(I)c(NCCCCC)c(I)c(C(=O)O)c1I. The molecule has 0 aliphatic rings. The van der Waals surface area contributed by atoms with E-state index in [1.807, 2.05) is 45.2 Å². The molecule has 0 bridgehead atoms. The van der Waals surface area contributed by atoms with Crippen LogP contribution in [0.25, 0.3) is 0 Å². The lowest BCUT2D eigenvalue weighted by atomic mass is 10.1. The zero-order chi connectivity index (χ0) is 18.3. The normalized spacial score (nSPS) is 10.3. The van der Waals surface area contributed by atoms with Gasteiger partial charge in [0.15, 0.2) is 0 Å². The highest BCUT2D eigenvalue weighted by Crippen LogP contribution is 2.35.